The van der Waals surface area contributed by atoms with Crippen LogP contribution in [0.25, 0.3) is 0 Å². The van der Waals surface area contributed by atoms with Gasteiger partial charge in [-0.1, -0.05) is 31.9 Å². The Morgan fingerprint density at radius 2 is 2.40 bits per heavy atom. The van der Waals surface area contributed by atoms with Crippen LogP contribution in [0.15, 0.2) is 12.2 Å². The lowest BCUT2D eigenvalue weighted by Crippen LogP contribution is -2.15. The van der Waals surface area contributed by atoms with Crippen molar-refractivity contribution in [3.05, 3.63) is 12.2 Å². The molecule has 1 heteroatoms. The molecule has 1 heterocycles. The van der Waals surface area contributed by atoms with Crippen molar-refractivity contribution in [2.24, 2.45) is 0 Å². The normalized spacial score (nSPS) is 25.1. The van der Waals surface area contributed by atoms with Crippen molar-refractivity contribution >= 4 is 0 Å². The molecule has 10 heavy (non-hydrogen) atoms. The molecule has 0 fully saturated rings. The summed E-state index contributed by atoms with van der Waals surface area (Å²) in [5, 5.41) is 0. The van der Waals surface area contributed by atoms with Crippen molar-refractivity contribution in [1.29, 1.82) is 0 Å². The zero-order valence-corrected chi connectivity index (χ0v) is 6.68. The van der Waals surface area contributed by atoms with E-state index in [1.165, 1.54) is 19.3 Å². The SMILES string of the molecule is CCCCC1CC=CCO1. The van der Waals surface area contributed by atoms with Gasteiger partial charge in [0.2, 0.25) is 0 Å². The Hall–Kier alpha value is -0.300. The lowest BCUT2D eigenvalue weighted by Gasteiger charge is -2.17. The molecule has 0 aromatic carbocycles. The molecule has 0 saturated heterocycles. The summed E-state index contributed by atoms with van der Waals surface area (Å²) in [6.07, 6.45) is 9.79. The van der Waals surface area contributed by atoms with Gasteiger partial charge in [-0.25, -0.2) is 0 Å². The fraction of sp³-hybridized carbons (Fsp3) is 0.778. The van der Waals surface area contributed by atoms with Crippen LogP contribution in [-0.4, -0.2) is 12.7 Å². The van der Waals surface area contributed by atoms with E-state index in [1.54, 1.807) is 0 Å². The number of hydrogen-bond acceptors (Lipinski definition) is 1. The molecule has 1 atom stereocenters. The summed E-state index contributed by atoms with van der Waals surface area (Å²) in [6.45, 7) is 3.05. The second-order valence-corrected chi connectivity index (χ2v) is 2.80. The monoisotopic (exact) mass is 140 g/mol. The predicted molar refractivity (Wildman–Crippen MR) is 43.0 cm³/mol. The molecule has 0 aliphatic carbocycles. The van der Waals surface area contributed by atoms with Crippen molar-refractivity contribution < 1.29 is 4.74 Å². The maximum atomic E-state index is 5.49. The van der Waals surface area contributed by atoms with Gasteiger partial charge in [-0.3, -0.25) is 0 Å². The van der Waals surface area contributed by atoms with Crippen LogP contribution >= 0.6 is 0 Å². The largest absolute Gasteiger partial charge is 0.374 e. The predicted octanol–water partition coefficient (Wildman–Crippen LogP) is 2.52. The average Bonchev–Trinajstić information content (AvgIpc) is 2.03. The van der Waals surface area contributed by atoms with Crippen LogP contribution in [-0.2, 0) is 4.74 Å². The van der Waals surface area contributed by atoms with Crippen LogP contribution in [0.1, 0.15) is 32.6 Å². The molecule has 1 unspecified atom stereocenters. The molecule has 1 aliphatic rings. The second-order valence-electron chi connectivity index (χ2n) is 2.80. The Morgan fingerprint density at radius 3 is 3.00 bits per heavy atom. The van der Waals surface area contributed by atoms with E-state index in [2.05, 4.69) is 19.1 Å². The Labute approximate surface area is 63.1 Å². The van der Waals surface area contributed by atoms with E-state index in [1.807, 2.05) is 0 Å². The van der Waals surface area contributed by atoms with E-state index in [-0.39, 0.29) is 0 Å². The maximum Gasteiger partial charge on any atom is 0.0651 e. The Morgan fingerprint density at radius 1 is 1.50 bits per heavy atom. The van der Waals surface area contributed by atoms with Crippen molar-refractivity contribution in [3.8, 4) is 0 Å². The smallest absolute Gasteiger partial charge is 0.0651 e. The lowest BCUT2D eigenvalue weighted by atomic mass is 10.1. The summed E-state index contributed by atoms with van der Waals surface area (Å²) < 4.78 is 5.49. The van der Waals surface area contributed by atoms with Crippen LogP contribution in [0.5, 0.6) is 0 Å². The van der Waals surface area contributed by atoms with Crippen LogP contribution < -0.4 is 0 Å². The molecular formula is C9H16O. The van der Waals surface area contributed by atoms with Crippen molar-refractivity contribution in [2.45, 2.75) is 38.7 Å². The van der Waals surface area contributed by atoms with E-state index in [9.17, 15) is 0 Å². The molecule has 0 saturated carbocycles. The van der Waals surface area contributed by atoms with E-state index in [4.69, 9.17) is 4.74 Å². The van der Waals surface area contributed by atoms with Crippen LogP contribution in [0.3, 0.4) is 0 Å². The van der Waals surface area contributed by atoms with Crippen molar-refractivity contribution in [2.75, 3.05) is 6.61 Å². The molecule has 0 spiro atoms. The molecule has 0 amide bonds. The third-order valence-electron chi connectivity index (χ3n) is 1.87. The lowest BCUT2D eigenvalue weighted by molar-refractivity contribution is 0.0601. The zero-order valence-electron chi connectivity index (χ0n) is 6.68. The topological polar surface area (TPSA) is 9.23 Å². The Kier molecular flexibility index (Phi) is 3.52. The molecule has 1 nitrogen and oxygen atoms in total. The Balaban J connectivity index is 2.10. The molecule has 1 aliphatic heterocycles. The van der Waals surface area contributed by atoms with E-state index < -0.39 is 0 Å². The van der Waals surface area contributed by atoms with Crippen molar-refractivity contribution in [1.82, 2.24) is 0 Å². The average molecular weight is 140 g/mol. The van der Waals surface area contributed by atoms with Gasteiger partial charge in [0, 0.05) is 0 Å². The summed E-state index contributed by atoms with van der Waals surface area (Å²) in [5.41, 5.74) is 0. The van der Waals surface area contributed by atoms with Gasteiger partial charge < -0.3 is 4.74 Å². The molecule has 58 valence electrons. The van der Waals surface area contributed by atoms with Crippen molar-refractivity contribution in [3.63, 3.8) is 0 Å². The summed E-state index contributed by atoms with van der Waals surface area (Å²) in [5.74, 6) is 0. The molecular weight excluding hydrogens is 124 g/mol. The first kappa shape index (κ1) is 7.80. The van der Waals surface area contributed by atoms with Gasteiger partial charge >= 0.3 is 0 Å². The first-order valence-corrected chi connectivity index (χ1v) is 4.20. The van der Waals surface area contributed by atoms with Crippen LogP contribution in [0.2, 0.25) is 0 Å². The van der Waals surface area contributed by atoms with Gasteiger partial charge in [0.1, 0.15) is 0 Å². The molecule has 1 rings (SSSR count). The number of hydrogen-bond donors (Lipinski definition) is 0. The highest BCUT2D eigenvalue weighted by Gasteiger charge is 2.07. The number of ether oxygens (including phenoxy) is 1. The first-order chi connectivity index (χ1) is 4.93. The summed E-state index contributed by atoms with van der Waals surface area (Å²) >= 11 is 0. The summed E-state index contributed by atoms with van der Waals surface area (Å²) in [6, 6.07) is 0. The zero-order chi connectivity index (χ0) is 7.23. The Bertz CT molecular complexity index is 107. The number of unbranched alkanes of at least 4 members (excludes halogenated alkanes) is 1. The summed E-state index contributed by atoms with van der Waals surface area (Å²) in [4.78, 5) is 0. The van der Waals surface area contributed by atoms with E-state index >= 15 is 0 Å². The number of rotatable bonds is 3. The van der Waals surface area contributed by atoms with Gasteiger partial charge in [-0.05, 0) is 12.8 Å². The first-order valence-electron chi connectivity index (χ1n) is 4.20. The highest BCUT2D eigenvalue weighted by molar-refractivity contribution is 4.88. The molecule has 0 bridgehead atoms. The third-order valence-corrected chi connectivity index (χ3v) is 1.87. The fourth-order valence-corrected chi connectivity index (χ4v) is 1.21. The van der Waals surface area contributed by atoms with Crippen LogP contribution in [0, 0.1) is 0 Å². The summed E-state index contributed by atoms with van der Waals surface area (Å²) in [7, 11) is 0. The highest BCUT2D eigenvalue weighted by Crippen LogP contribution is 2.12. The fourth-order valence-electron chi connectivity index (χ4n) is 1.21. The second kappa shape index (κ2) is 4.51. The minimum Gasteiger partial charge on any atom is -0.374 e. The van der Waals surface area contributed by atoms with E-state index in [0.717, 1.165) is 13.0 Å². The standard InChI is InChI=1S/C9H16O/c1-2-3-6-9-7-4-5-8-10-9/h4-5,9H,2-3,6-8H2,1H3. The quantitative estimate of drug-likeness (QED) is 0.547. The van der Waals surface area contributed by atoms with Gasteiger partial charge in [0.05, 0.1) is 12.7 Å². The highest BCUT2D eigenvalue weighted by atomic mass is 16.5. The minimum atomic E-state index is 0.518. The molecule has 0 radical (unpaired) electrons. The van der Waals surface area contributed by atoms with Gasteiger partial charge in [0.15, 0.2) is 0 Å². The van der Waals surface area contributed by atoms with Crippen LogP contribution in [0.4, 0.5) is 0 Å². The van der Waals surface area contributed by atoms with Gasteiger partial charge in [-0.2, -0.15) is 0 Å². The van der Waals surface area contributed by atoms with Gasteiger partial charge in [0.25, 0.3) is 0 Å². The molecule has 0 aromatic heterocycles. The van der Waals surface area contributed by atoms with Gasteiger partial charge in [-0.15, -0.1) is 0 Å². The van der Waals surface area contributed by atoms with E-state index in [0.29, 0.717) is 6.10 Å². The third kappa shape index (κ3) is 2.53. The maximum absolute atomic E-state index is 5.49. The minimum absolute atomic E-state index is 0.518. The molecule has 0 N–H and O–H groups in total. The molecule has 0 aromatic rings.